The van der Waals surface area contributed by atoms with E-state index in [1.165, 1.54) is 0 Å². The second kappa shape index (κ2) is 10.0. The number of hydrogen-bond donors (Lipinski definition) is 2. The molecule has 2 heterocycles. The van der Waals surface area contributed by atoms with E-state index in [9.17, 15) is 14.7 Å². The van der Waals surface area contributed by atoms with Gasteiger partial charge in [0.1, 0.15) is 11.3 Å². The lowest BCUT2D eigenvalue weighted by atomic mass is 9.87. The van der Waals surface area contributed by atoms with Gasteiger partial charge in [0.2, 0.25) is 5.88 Å². The number of nitrogens with zero attached hydrogens (tertiary/aromatic N) is 2. The first kappa shape index (κ1) is 23.4. The number of carboxylic acids is 1. The van der Waals surface area contributed by atoms with Gasteiger partial charge in [-0.05, 0) is 54.5 Å². The van der Waals surface area contributed by atoms with Crippen molar-refractivity contribution in [2.24, 2.45) is 0 Å². The van der Waals surface area contributed by atoms with Crippen molar-refractivity contribution >= 4 is 22.5 Å². The minimum Gasteiger partial charge on any atom is -0.479 e. The normalized spacial score (nSPS) is 15.4. The van der Waals surface area contributed by atoms with Crippen molar-refractivity contribution in [3.63, 3.8) is 0 Å². The molecule has 0 radical (unpaired) electrons. The van der Waals surface area contributed by atoms with Crippen LogP contribution < -0.4 is 10.1 Å². The Morgan fingerprint density at radius 3 is 2.59 bits per heavy atom. The molecule has 1 aliphatic rings. The highest BCUT2D eigenvalue weighted by molar-refractivity contribution is 5.98. The number of carbonyl (C=O) groups excluding carboxylic acids is 1. The summed E-state index contributed by atoms with van der Waals surface area (Å²) in [5.74, 6) is 0.269. The molecule has 0 saturated heterocycles. The molecule has 1 atom stereocenters. The lowest BCUT2D eigenvalue weighted by molar-refractivity contribution is -0.144. The number of nitrogens with one attached hydrogen (secondary N) is 1. The molecule has 2 aromatic heterocycles. The Kier molecular flexibility index (Phi) is 6.91. The number of aliphatic carboxylic acids is 1. The Labute approximate surface area is 198 Å². The summed E-state index contributed by atoms with van der Waals surface area (Å²) in [5.41, 5.74) is 1.21. The summed E-state index contributed by atoms with van der Waals surface area (Å²) >= 11 is 0. The van der Waals surface area contributed by atoms with Crippen LogP contribution in [0.3, 0.4) is 0 Å². The van der Waals surface area contributed by atoms with Crippen molar-refractivity contribution in [1.29, 1.82) is 0 Å². The number of carboxylic acid groups (broad SMARTS) is 1. The molecule has 4 rings (SSSR count). The number of carbonyl (C=O) groups is 2. The van der Waals surface area contributed by atoms with Gasteiger partial charge in [0.15, 0.2) is 5.78 Å². The molecule has 176 valence electrons. The standard InChI is InChI=1S/C27H29N3O4/c1-3-5-21-23(10-11-24(21)31)30-27(4-2,26(32)33)16-18-6-8-20(9-7-18)34-25-22-17-28-14-12-19(22)13-15-29-25/h6-9,12-15,17,30H,3-5,10-11,16H2,1-2H3,(H,32,33). The van der Waals surface area contributed by atoms with Gasteiger partial charge in [-0.25, -0.2) is 9.78 Å². The van der Waals surface area contributed by atoms with Crippen molar-refractivity contribution in [3.8, 4) is 11.6 Å². The number of pyridine rings is 2. The molecule has 0 amide bonds. The van der Waals surface area contributed by atoms with E-state index in [-0.39, 0.29) is 12.2 Å². The van der Waals surface area contributed by atoms with Gasteiger partial charge in [0, 0.05) is 42.7 Å². The molecule has 3 aromatic rings. The van der Waals surface area contributed by atoms with E-state index in [0.717, 1.165) is 34.0 Å². The lowest BCUT2D eigenvalue weighted by Gasteiger charge is -2.32. The number of benzene rings is 1. The Bertz CT molecular complexity index is 1230. The molecule has 0 spiro atoms. The third-order valence-corrected chi connectivity index (χ3v) is 6.38. The lowest BCUT2D eigenvalue weighted by Crippen LogP contribution is -2.53. The quantitative estimate of drug-likeness (QED) is 0.429. The van der Waals surface area contributed by atoms with Crippen molar-refractivity contribution in [3.05, 3.63) is 71.8 Å². The maximum Gasteiger partial charge on any atom is 0.329 e. The van der Waals surface area contributed by atoms with Crippen LogP contribution in [0.2, 0.25) is 0 Å². The van der Waals surface area contributed by atoms with Crippen molar-refractivity contribution in [1.82, 2.24) is 15.3 Å². The number of allylic oxidation sites excluding steroid dienone is 2. The fourth-order valence-corrected chi connectivity index (χ4v) is 4.41. The fraction of sp³-hybridized carbons (Fsp3) is 0.333. The molecule has 0 fully saturated rings. The minimum absolute atomic E-state index is 0.124. The number of Topliss-reactive ketones (excluding diaryl/α,β-unsaturated/α-hetero) is 1. The van der Waals surface area contributed by atoms with E-state index in [0.29, 0.717) is 37.3 Å². The molecule has 34 heavy (non-hydrogen) atoms. The van der Waals surface area contributed by atoms with Crippen LogP contribution in [0.5, 0.6) is 11.6 Å². The first-order valence-electron chi connectivity index (χ1n) is 11.7. The van der Waals surface area contributed by atoms with Crippen LogP contribution in [0.4, 0.5) is 0 Å². The van der Waals surface area contributed by atoms with Crippen molar-refractivity contribution < 1.29 is 19.4 Å². The SMILES string of the molecule is CCCC1=C(NC(CC)(Cc2ccc(Oc3nccc4ccncc34)cc2)C(=O)O)CCC1=O. The average molecular weight is 460 g/mol. The molecule has 1 aromatic carbocycles. The summed E-state index contributed by atoms with van der Waals surface area (Å²) in [5, 5.41) is 15.2. The number of ketones is 1. The molecule has 1 unspecified atom stereocenters. The van der Waals surface area contributed by atoms with E-state index < -0.39 is 11.5 Å². The summed E-state index contributed by atoms with van der Waals surface area (Å²) in [6, 6.07) is 11.2. The molecular formula is C27H29N3O4. The molecule has 1 aliphatic carbocycles. The first-order chi connectivity index (χ1) is 16.5. The molecule has 7 nitrogen and oxygen atoms in total. The van der Waals surface area contributed by atoms with Gasteiger partial charge < -0.3 is 15.2 Å². The van der Waals surface area contributed by atoms with Crippen LogP contribution in [-0.4, -0.2) is 32.4 Å². The highest BCUT2D eigenvalue weighted by Crippen LogP contribution is 2.31. The molecular weight excluding hydrogens is 430 g/mol. The number of hydrogen-bond acceptors (Lipinski definition) is 6. The van der Waals surface area contributed by atoms with Crippen LogP contribution in [0, 0.1) is 0 Å². The van der Waals surface area contributed by atoms with E-state index in [1.54, 1.807) is 18.6 Å². The third-order valence-electron chi connectivity index (χ3n) is 6.38. The van der Waals surface area contributed by atoms with E-state index in [4.69, 9.17) is 4.74 Å². The van der Waals surface area contributed by atoms with Crippen LogP contribution in [0.15, 0.2) is 66.3 Å². The minimum atomic E-state index is -1.19. The predicted octanol–water partition coefficient (Wildman–Crippen LogP) is 5.20. The first-order valence-corrected chi connectivity index (χ1v) is 11.7. The average Bonchev–Trinajstić information content (AvgIpc) is 3.19. The van der Waals surface area contributed by atoms with Gasteiger partial charge in [0.25, 0.3) is 0 Å². The second-order valence-corrected chi connectivity index (χ2v) is 8.63. The third kappa shape index (κ3) is 4.78. The van der Waals surface area contributed by atoms with Gasteiger partial charge in [-0.2, -0.15) is 0 Å². The van der Waals surface area contributed by atoms with Gasteiger partial charge >= 0.3 is 5.97 Å². The van der Waals surface area contributed by atoms with E-state index in [1.807, 2.05) is 50.2 Å². The Morgan fingerprint density at radius 1 is 1.12 bits per heavy atom. The van der Waals surface area contributed by atoms with Gasteiger partial charge in [-0.15, -0.1) is 0 Å². The zero-order valence-corrected chi connectivity index (χ0v) is 19.5. The van der Waals surface area contributed by atoms with Gasteiger partial charge in [0.05, 0.1) is 5.39 Å². The monoisotopic (exact) mass is 459 g/mol. The summed E-state index contributed by atoms with van der Waals surface area (Å²) in [7, 11) is 0. The number of aromatic nitrogens is 2. The Hall–Kier alpha value is -3.74. The smallest absolute Gasteiger partial charge is 0.329 e. The van der Waals surface area contributed by atoms with Crippen LogP contribution in [-0.2, 0) is 16.0 Å². The van der Waals surface area contributed by atoms with E-state index >= 15 is 0 Å². The van der Waals surface area contributed by atoms with Crippen LogP contribution in [0.25, 0.3) is 10.8 Å². The Balaban J connectivity index is 1.55. The zero-order valence-electron chi connectivity index (χ0n) is 19.5. The second-order valence-electron chi connectivity index (χ2n) is 8.63. The maximum atomic E-state index is 12.4. The fourth-order valence-electron chi connectivity index (χ4n) is 4.41. The van der Waals surface area contributed by atoms with Crippen molar-refractivity contribution in [2.75, 3.05) is 0 Å². The molecule has 7 heteroatoms. The maximum absolute atomic E-state index is 12.4. The summed E-state index contributed by atoms with van der Waals surface area (Å²) in [6.07, 6.45) is 8.33. The van der Waals surface area contributed by atoms with Crippen LogP contribution >= 0.6 is 0 Å². The molecule has 0 bridgehead atoms. The largest absolute Gasteiger partial charge is 0.479 e. The molecule has 0 saturated carbocycles. The topological polar surface area (TPSA) is 101 Å². The number of rotatable bonds is 10. The van der Waals surface area contributed by atoms with Gasteiger partial charge in [-0.3, -0.25) is 9.78 Å². The van der Waals surface area contributed by atoms with Gasteiger partial charge in [-0.1, -0.05) is 32.4 Å². The Morgan fingerprint density at radius 2 is 1.88 bits per heavy atom. The highest BCUT2D eigenvalue weighted by atomic mass is 16.5. The molecule has 2 N–H and O–H groups in total. The van der Waals surface area contributed by atoms with Crippen LogP contribution in [0.1, 0.15) is 51.5 Å². The van der Waals surface area contributed by atoms with E-state index in [2.05, 4.69) is 15.3 Å². The molecule has 0 aliphatic heterocycles. The summed E-state index contributed by atoms with van der Waals surface area (Å²) < 4.78 is 5.98. The van der Waals surface area contributed by atoms with Crippen molar-refractivity contribution in [2.45, 2.75) is 57.9 Å². The number of ether oxygens (including phenoxy) is 1. The zero-order chi connectivity index (χ0) is 24.1. The predicted molar refractivity (Wildman–Crippen MR) is 130 cm³/mol. The summed E-state index contributed by atoms with van der Waals surface area (Å²) in [4.78, 5) is 33.2. The highest BCUT2D eigenvalue weighted by Gasteiger charge is 2.39. The number of fused-ring (bicyclic) bond motifs is 1. The summed E-state index contributed by atoms with van der Waals surface area (Å²) in [6.45, 7) is 3.88.